The Bertz CT molecular complexity index is 6.00. The van der Waals surface area contributed by atoms with Gasteiger partial charge in [0.2, 0.25) is 0 Å². The molecule has 22 valence electrons. The van der Waals surface area contributed by atoms with Gasteiger partial charge in [-0.25, -0.2) is 0 Å². The number of hydrogen-bond donors (Lipinski definition) is 0. The summed E-state index contributed by atoms with van der Waals surface area (Å²) in [6, 6.07) is 0. The van der Waals surface area contributed by atoms with Crippen LogP contribution in [0, 0.1) is 0 Å². The molecule has 0 unspecified atom stereocenters. The van der Waals surface area contributed by atoms with Gasteiger partial charge in [0.05, 0.1) is 0 Å². The molecular formula is GeSeTe2. The Kier molecular flexibility index (Phi) is 132. The van der Waals surface area contributed by atoms with E-state index in [1.165, 1.54) is 0 Å². The van der Waals surface area contributed by atoms with Crippen LogP contribution in [0.3, 0.4) is 0 Å². The van der Waals surface area contributed by atoms with Gasteiger partial charge in [0.25, 0.3) is 0 Å². The standard InChI is InChI=1S/Ge.Se.2Te. The molecule has 0 aliphatic rings. The summed E-state index contributed by atoms with van der Waals surface area (Å²) in [5.74, 6) is 0. The van der Waals surface area contributed by atoms with Gasteiger partial charge in [-0.3, -0.25) is 0 Å². The van der Waals surface area contributed by atoms with E-state index in [0.29, 0.717) is 0 Å². The zero-order valence-corrected chi connectivity index (χ0v) is 10.2. The largest absolute Gasteiger partial charge is 0 e. The van der Waals surface area contributed by atoms with Gasteiger partial charge in [0.15, 0.2) is 0 Å². The van der Waals surface area contributed by atoms with Crippen molar-refractivity contribution in [2.24, 2.45) is 0 Å². The number of rotatable bonds is 0. The Labute approximate surface area is 80.8 Å². The first-order valence-electron chi connectivity index (χ1n) is 0. The molecule has 0 N–H and O–H groups in total. The first-order chi connectivity index (χ1) is 0. The van der Waals surface area contributed by atoms with Crippen LogP contribution in [0.25, 0.3) is 0 Å². The summed E-state index contributed by atoms with van der Waals surface area (Å²) in [6.45, 7) is 0. The van der Waals surface area contributed by atoms with Crippen LogP contribution in [-0.2, 0) is 0 Å². The van der Waals surface area contributed by atoms with Crippen LogP contribution in [0.4, 0.5) is 0 Å². The average molecular weight is 407 g/mol. The van der Waals surface area contributed by atoms with E-state index in [-0.39, 0.29) is 82.0 Å². The molecule has 0 aromatic carbocycles. The normalized spacial score (nSPS) is 0. The van der Waals surface area contributed by atoms with Crippen molar-refractivity contribution in [1.82, 2.24) is 0 Å². The zero-order valence-electron chi connectivity index (χ0n) is 1.72. The maximum Gasteiger partial charge on any atom is 0 e. The predicted molar refractivity (Wildman–Crippen MR) is 23.0 cm³/mol. The van der Waals surface area contributed by atoms with Gasteiger partial charge in [-0.15, -0.1) is 0 Å². The number of hydrogen-bond acceptors (Lipinski definition) is 0. The van der Waals surface area contributed by atoms with Gasteiger partial charge in [-0.2, -0.15) is 0 Å². The van der Waals surface area contributed by atoms with Crippen LogP contribution in [0.15, 0.2) is 0 Å². The molecule has 4 heavy (non-hydrogen) atoms. The first-order valence-corrected chi connectivity index (χ1v) is 0. The molecule has 0 aliphatic heterocycles. The molecule has 0 aliphatic carbocycles. The molecule has 0 aromatic rings. The minimum atomic E-state index is 0. The third-order valence-corrected chi connectivity index (χ3v) is 0. The maximum atomic E-state index is 0. The van der Waals surface area contributed by atoms with Crippen LogP contribution in [-0.4, -0.2) is 82.0 Å². The van der Waals surface area contributed by atoms with Gasteiger partial charge in [-0.1, -0.05) is 0 Å². The summed E-state index contributed by atoms with van der Waals surface area (Å²) in [6.07, 6.45) is 0. The van der Waals surface area contributed by atoms with E-state index in [1.807, 2.05) is 0 Å². The van der Waals surface area contributed by atoms with E-state index < -0.39 is 0 Å². The summed E-state index contributed by atoms with van der Waals surface area (Å²) >= 11 is 0. The average Bonchev–Trinajstić information content (AvgIpc) is 0. The molecule has 0 saturated heterocycles. The fourth-order valence-corrected chi connectivity index (χ4v) is 0. The minimum absolute atomic E-state index is 0. The SMILES string of the molecule is [Ge].[Se].[Te].[Te]. The fourth-order valence-electron chi connectivity index (χ4n) is 0. The Balaban J connectivity index is 0. The van der Waals surface area contributed by atoms with Crippen molar-refractivity contribution in [3.8, 4) is 0 Å². The second-order valence-corrected chi connectivity index (χ2v) is 0. The fraction of sp³-hybridized carbons (Fsp3) is 0. The van der Waals surface area contributed by atoms with Crippen LogP contribution < -0.4 is 0 Å². The summed E-state index contributed by atoms with van der Waals surface area (Å²) in [4.78, 5) is 0. The second kappa shape index (κ2) is 17.4. The van der Waals surface area contributed by atoms with E-state index >= 15 is 0 Å². The van der Waals surface area contributed by atoms with E-state index in [2.05, 4.69) is 0 Å². The molecule has 0 heterocycles. The molecule has 0 amide bonds. The molecule has 0 atom stereocenters. The Morgan fingerprint density at radius 1 is 0.750 bits per heavy atom. The monoisotopic (exact) mass is 414 g/mol. The molecule has 4 heteroatoms. The van der Waals surface area contributed by atoms with Crippen molar-refractivity contribution in [3.63, 3.8) is 0 Å². The third kappa shape index (κ3) is 8.82. The molecule has 0 nitrogen and oxygen atoms in total. The summed E-state index contributed by atoms with van der Waals surface area (Å²) in [7, 11) is 0. The summed E-state index contributed by atoms with van der Waals surface area (Å²) < 4.78 is 0. The second-order valence-electron chi connectivity index (χ2n) is 0. The molecule has 0 rings (SSSR count). The van der Waals surface area contributed by atoms with E-state index in [9.17, 15) is 0 Å². The molecule has 10 radical (unpaired) electrons. The predicted octanol–water partition coefficient (Wildman–Crippen LogP) is -1.52. The minimum Gasteiger partial charge on any atom is 0 e. The molecular weight excluding hydrogens is 407 g/mol. The molecule has 0 fully saturated rings. The first kappa shape index (κ1) is 30.3. The Hall–Kier alpha value is 2.64. The van der Waals surface area contributed by atoms with Gasteiger partial charge >= 0.3 is 0 Å². The van der Waals surface area contributed by atoms with Gasteiger partial charge in [0, 0.05) is 82.0 Å². The van der Waals surface area contributed by atoms with E-state index in [0.717, 1.165) is 0 Å². The van der Waals surface area contributed by atoms with E-state index in [1.54, 1.807) is 0 Å². The van der Waals surface area contributed by atoms with Crippen molar-refractivity contribution in [2.75, 3.05) is 0 Å². The Morgan fingerprint density at radius 3 is 0.750 bits per heavy atom. The van der Waals surface area contributed by atoms with Gasteiger partial charge < -0.3 is 0 Å². The molecule has 0 saturated carbocycles. The van der Waals surface area contributed by atoms with Crippen molar-refractivity contribution < 1.29 is 0 Å². The quantitative estimate of drug-likeness (QED) is 0.429. The van der Waals surface area contributed by atoms with Crippen molar-refractivity contribution in [1.29, 1.82) is 0 Å². The summed E-state index contributed by atoms with van der Waals surface area (Å²) in [5.41, 5.74) is 0. The smallest absolute Gasteiger partial charge is 0 e. The maximum absolute atomic E-state index is 0. The van der Waals surface area contributed by atoms with Crippen LogP contribution >= 0.6 is 0 Å². The van der Waals surface area contributed by atoms with Crippen molar-refractivity contribution >= 4 is 82.0 Å². The van der Waals surface area contributed by atoms with Crippen LogP contribution in [0.2, 0.25) is 0 Å². The zero-order chi connectivity index (χ0) is 0. The molecule has 0 aromatic heterocycles. The summed E-state index contributed by atoms with van der Waals surface area (Å²) in [5, 5.41) is 0. The molecule has 0 bridgehead atoms. The Morgan fingerprint density at radius 2 is 0.750 bits per heavy atom. The van der Waals surface area contributed by atoms with E-state index in [4.69, 9.17) is 0 Å². The van der Waals surface area contributed by atoms with Crippen molar-refractivity contribution in [2.45, 2.75) is 0 Å². The van der Waals surface area contributed by atoms with Crippen molar-refractivity contribution in [3.05, 3.63) is 0 Å². The van der Waals surface area contributed by atoms with Gasteiger partial charge in [0.1, 0.15) is 0 Å². The topological polar surface area (TPSA) is 0 Å². The van der Waals surface area contributed by atoms with Crippen LogP contribution in [0.5, 0.6) is 0 Å². The third-order valence-electron chi connectivity index (χ3n) is 0. The van der Waals surface area contributed by atoms with Gasteiger partial charge in [-0.05, 0) is 0 Å². The molecule has 0 spiro atoms. The van der Waals surface area contributed by atoms with Crippen LogP contribution in [0.1, 0.15) is 0 Å².